The van der Waals surface area contributed by atoms with Gasteiger partial charge in [0, 0.05) is 52.0 Å². The molecule has 1 spiro atoms. The van der Waals surface area contributed by atoms with Gasteiger partial charge in [-0.3, -0.25) is 19.8 Å². The van der Waals surface area contributed by atoms with E-state index in [2.05, 4.69) is 33.4 Å². The summed E-state index contributed by atoms with van der Waals surface area (Å²) in [5.41, 5.74) is 9.72. The Kier molecular flexibility index (Phi) is 7.74. The van der Waals surface area contributed by atoms with Crippen LogP contribution in [0.15, 0.2) is 66.2 Å². The largest absolute Gasteiger partial charge is 0.384 e. The monoisotopic (exact) mass is 600 g/mol. The van der Waals surface area contributed by atoms with Crippen molar-refractivity contribution >= 4 is 45.8 Å². The Morgan fingerprint density at radius 3 is 2.49 bits per heavy atom. The summed E-state index contributed by atoms with van der Waals surface area (Å²) in [6, 6.07) is 16.4. The molecule has 222 valence electrons. The molecule has 0 radical (unpaired) electrons. The molecular formula is C31H32N6O5S. The summed E-state index contributed by atoms with van der Waals surface area (Å²) >= 11 is 1.38. The topological polar surface area (TPSA) is 152 Å². The fourth-order valence-electron chi connectivity index (χ4n) is 5.58. The Bertz CT molecular complexity index is 1700. The highest BCUT2D eigenvalue weighted by molar-refractivity contribution is 7.10. The van der Waals surface area contributed by atoms with E-state index in [1.807, 2.05) is 31.4 Å². The first-order chi connectivity index (χ1) is 20.7. The number of rotatable bonds is 8. The first-order valence-corrected chi connectivity index (χ1v) is 14.8. The standard InChI is InChI=1S/C31H32N6O5S/c1-36-9-8-22-12-21(6-7-25(22)36)19-2-4-20(5-3-19)29(39)35-16-27(38)37-18-31(41-10-11-42-31)14-26(37)30(40)34-15-24-13-23(17-43-24)28(32)33/h2-9,12-13,17,26H,10-11,14-16,18H2,1H3,(H3,32,33)(H,34,40)(H,35,39). The number of thiophene rings is 1. The maximum absolute atomic E-state index is 13.3. The number of aryl methyl sites for hydroxylation is 1. The number of nitrogens with zero attached hydrogens (tertiary/aromatic N) is 2. The zero-order valence-electron chi connectivity index (χ0n) is 23.6. The van der Waals surface area contributed by atoms with Crippen molar-refractivity contribution in [3.8, 4) is 11.1 Å². The Balaban J connectivity index is 1.08. The number of nitrogens with two attached hydrogens (primary N) is 1. The Morgan fingerprint density at radius 2 is 1.77 bits per heavy atom. The first kappa shape index (κ1) is 28.6. The summed E-state index contributed by atoms with van der Waals surface area (Å²) in [5.74, 6) is -2.22. The second-order valence-electron chi connectivity index (χ2n) is 10.7. The molecule has 2 saturated heterocycles. The van der Waals surface area contributed by atoms with Gasteiger partial charge in [0.2, 0.25) is 11.8 Å². The molecular weight excluding hydrogens is 568 g/mol. The van der Waals surface area contributed by atoms with Crippen molar-refractivity contribution in [1.82, 2.24) is 20.1 Å². The number of aromatic nitrogens is 1. The van der Waals surface area contributed by atoms with Crippen molar-refractivity contribution in [2.24, 2.45) is 12.8 Å². The molecule has 43 heavy (non-hydrogen) atoms. The molecule has 12 heteroatoms. The molecule has 3 amide bonds. The van der Waals surface area contributed by atoms with Crippen LogP contribution in [0.25, 0.3) is 22.0 Å². The minimum absolute atomic E-state index is 0.0400. The molecule has 0 bridgehead atoms. The van der Waals surface area contributed by atoms with Crippen molar-refractivity contribution in [2.75, 3.05) is 26.3 Å². The number of carbonyl (C=O) groups excluding carboxylic acids is 3. The number of hydrogen-bond acceptors (Lipinski definition) is 7. The molecule has 2 aromatic heterocycles. The molecule has 2 fully saturated rings. The third-order valence-electron chi connectivity index (χ3n) is 7.90. The molecule has 0 aliphatic carbocycles. The van der Waals surface area contributed by atoms with Gasteiger partial charge in [0.25, 0.3) is 5.91 Å². The lowest BCUT2D eigenvalue weighted by molar-refractivity contribution is -0.152. The minimum atomic E-state index is -1.04. The highest BCUT2D eigenvalue weighted by atomic mass is 32.1. The molecule has 2 aliphatic heterocycles. The molecule has 1 atom stereocenters. The molecule has 5 N–H and O–H groups in total. The van der Waals surface area contributed by atoms with Crippen LogP contribution < -0.4 is 16.4 Å². The van der Waals surface area contributed by atoms with Gasteiger partial charge in [-0.25, -0.2) is 0 Å². The summed E-state index contributed by atoms with van der Waals surface area (Å²) in [7, 11) is 2.01. The number of amidine groups is 1. The van der Waals surface area contributed by atoms with E-state index in [9.17, 15) is 14.4 Å². The lowest BCUT2D eigenvalue weighted by Crippen LogP contribution is -2.49. The Hall–Kier alpha value is -4.52. The predicted molar refractivity (Wildman–Crippen MR) is 163 cm³/mol. The first-order valence-electron chi connectivity index (χ1n) is 13.9. The molecule has 6 rings (SSSR count). The lowest BCUT2D eigenvalue weighted by atomic mass is 10.0. The maximum Gasteiger partial charge on any atom is 0.251 e. The van der Waals surface area contributed by atoms with Gasteiger partial charge in [0.15, 0.2) is 5.79 Å². The third kappa shape index (κ3) is 5.89. The fourth-order valence-corrected chi connectivity index (χ4v) is 6.41. The Labute approximate surface area is 252 Å². The SMILES string of the molecule is Cn1ccc2cc(-c3ccc(C(=O)NCC(=O)N4CC5(CC4C(=O)NCc4cc(C(=N)N)cs4)OCCO5)cc3)ccc21. The van der Waals surface area contributed by atoms with Crippen LogP contribution in [0.4, 0.5) is 0 Å². The number of hydrogen-bond donors (Lipinski definition) is 4. The van der Waals surface area contributed by atoms with Crippen molar-refractivity contribution in [3.05, 3.63) is 82.2 Å². The van der Waals surface area contributed by atoms with E-state index >= 15 is 0 Å². The second-order valence-corrected chi connectivity index (χ2v) is 11.7. The smallest absolute Gasteiger partial charge is 0.251 e. The van der Waals surface area contributed by atoms with Crippen LogP contribution in [0.2, 0.25) is 0 Å². The third-order valence-corrected chi connectivity index (χ3v) is 8.83. The number of nitrogen functional groups attached to an aromatic ring is 1. The van der Waals surface area contributed by atoms with Crippen LogP contribution in [0.3, 0.4) is 0 Å². The van der Waals surface area contributed by atoms with E-state index < -0.39 is 17.7 Å². The number of benzene rings is 2. The summed E-state index contributed by atoms with van der Waals surface area (Å²) < 4.78 is 13.7. The summed E-state index contributed by atoms with van der Waals surface area (Å²) in [5, 5.41) is 16.0. The van der Waals surface area contributed by atoms with Gasteiger partial charge in [0.1, 0.15) is 11.9 Å². The van der Waals surface area contributed by atoms with Gasteiger partial charge >= 0.3 is 0 Å². The zero-order valence-corrected chi connectivity index (χ0v) is 24.4. The average Bonchev–Trinajstić information content (AvgIpc) is 3.82. The highest BCUT2D eigenvalue weighted by Gasteiger charge is 2.52. The van der Waals surface area contributed by atoms with E-state index in [4.69, 9.17) is 20.6 Å². The van der Waals surface area contributed by atoms with Gasteiger partial charge in [-0.15, -0.1) is 11.3 Å². The summed E-state index contributed by atoms with van der Waals surface area (Å²) in [6.45, 7) is 0.804. The van der Waals surface area contributed by atoms with Gasteiger partial charge in [-0.1, -0.05) is 18.2 Å². The number of fused-ring (bicyclic) bond motifs is 1. The number of likely N-dealkylation sites (tertiary alicyclic amines) is 1. The second kappa shape index (κ2) is 11.6. The predicted octanol–water partition coefficient (Wildman–Crippen LogP) is 2.58. The molecule has 2 aromatic carbocycles. The van der Waals surface area contributed by atoms with Crippen LogP contribution in [-0.2, 0) is 32.7 Å². The van der Waals surface area contributed by atoms with Crippen LogP contribution in [-0.4, -0.2) is 71.2 Å². The maximum atomic E-state index is 13.3. The van der Waals surface area contributed by atoms with Crippen LogP contribution in [0.1, 0.15) is 27.2 Å². The van der Waals surface area contributed by atoms with Gasteiger partial charge < -0.3 is 35.3 Å². The van der Waals surface area contributed by atoms with Crippen LogP contribution in [0, 0.1) is 5.41 Å². The minimum Gasteiger partial charge on any atom is -0.384 e. The van der Waals surface area contributed by atoms with Crippen molar-refractivity contribution < 1.29 is 23.9 Å². The molecule has 4 aromatic rings. The number of ether oxygens (including phenoxy) is 2. The lowest BCUT2D eigenvalue weighted by Gasteiger charge is -2.24. The van der Waals surface area contributed by atoms with Gasteiger partial charge in [-0.05, 0) is 47.5 Å². The Morgan fingerprint density at radius 1 is 1.02 bits per heavy atom. The quantitative estimate of drug-likeness (QED) is 0.180. The highest BCUT2D eigenvalue weighted by Crippen LogP contribution is 2.35. The molecule has 0 saturated carbocycles. The number of carbonyl (C=O) groups is 3. The summed E-state index contributed by atoms with van der Waals surface area (Å²) in [6.07, 6.45) is 2.21. The van der Waals surface area contributed by atoms with Crippen molar-refractivity contribution in [3.63, 3.8) is 0 Å². The van der Waals surface area contributed by atoms with Crippen LogP contribution >= 0.6 is 11.3 Å². The van der Waals surface area contributed by atoms with Gasteiger partial charge in [0.05, 0.1) is 32.8 Å². The van der Waals surface area contributed by atoms with E-state index in [-0.39, 0.29) is 43.7 Å². The van der Waals surface area contributed by atoms with Crippen molar-refractivity contribution in [1.29, 1.82) is 5.41 Å². The van der Waals surface area contributed by atoms with Crippen molar-refractivity contribution in [2.45, 2.75) is 24.8 Å². The van der Waals surface area contributed by atoms with Gasteiger partial charge in [-0.2, -0.15) is 0 Å². The molecule has 4 heterocycles. The van der Waals surface area contributed by atoms with E-state index in [1.54, 1.807) is 23.6 Å². The van der Waals surface area contributed by atoms with E-state index in [0.29, 0.717) is 24.3 Å². The molecule has 2 aliphatic rings. The fraction of sp³-hybridized carbons (Fsp3) is 0.290. The summed E-state index contributed by atoms with van der Waals surface area (Å²) in [4.78, 5) is 41.7. The molecule has 11 nitrogen and oxygen atoms in total. The average molecular weight is 601 g/mol. The van der Waals surface area contributed by atoms with E-state index in [1.165, 1.54) is 16.2 Å². The van der Waals surface area contributed by atoms with Crippen LogP contribution in [0.5, 0.6) is 0 Å². The molecule has 1 unspecified atom stereocenters. The zero-order chi connectivity index (χ0) is 30.1. The normalized spacial score (nSPS) is 17.4. The van der Waals surface area contributed by atoms with E-state index in [0.717, 1.165) is 26.9 Å². The number of amides is 3. The number of nitrogens with one attached hydrogen (secondary N) is 3.